The number of nitrogens with zero attached hydrogens (tertiary/aromatic N) is 1. The number of nitrogens with one attached hydrogen (secondary N) is 1. The summed E-state index contributed by atoms with van der Waals surface area (Å²) in [6, 6.07) is 0.479. The number of aromatic nitrogens is 1. The Morgan fingerprint density at radius 3 is 3.12 bits per heavy atom. The number of hydrogen-bond acceptors (Lipinski definition) is 4. The fraction of sp³-hybridized carbons (Fsp3) is 0.769. The summed E-state index contributed by atoms with van der Waals surface area (Å²) in [5.41, 5.74) is 1.10. The van der Waals surface area contributed by atoms with E-state index in [9.17, 15) is 0 Å². The van der Waals surface area contributed by atoms with Gasteiger partial charge < -0.3 is 10.1 Å². The summed E-state index contributed by atoms with van der Waals surface area (Å²) >= 11 is 1.77. The summed E-state index contributed by atoms with van der Waals surface area (Å²) in [6.07, 6.45) is 6.05. The minimum Gasteiger partial charge on any atom is -0.368 e. The second-order valence-electron chi connectivity index (χ2n) is 5.26. The van der Waals surface area contributed by atoms with Crippen LogP contribution in [-0.2, 0) is 10.3 Å². The van der Waals surface area contributed by atoms with Gasteiger partial charge in [0, 0.05) is 12.0 Å². The first kappa shape index (κ1) is 11.6. The Balaban J connectivity index is 1.78. The summed E-state index contributed by atoms with van der Waals surface area (Å²) in [5.74, 6) is 0. The molecule has 2 atom stereocenters. The van der Waals surface area contributed by atoms with Gasteiger partial charge in [-0.3, -0.25) is 0 Å². The van der Waals surface area contributed by atoms with Gasteiger partial charge in [-0.05, 0) is 45.6 Å². The molecule has 0 radical (unpaired) electrons. The van der Waals surface area contributed by atoms with Gasteiger partial charge in [0.25, 0.3) is 0 Å². The maximum Gasteiger partial charge on any atom is 0.125 e. The van der Waals surface area contributed by atoms with Gasteiger partial charge in [-0.25, -0.2) is 4.98 Å². The molecule has 2 aliphatic rings. The molecule has 1 unspecified atom stereocenters. The standard InChI is InChI=1S/C13H20N2OS/c1-13(6-2-3-8-16-13)12-15-11(9-17-12)10-5-4-7-14-10/h9-10,14H,2-8H2,1H3/t10-,13?/m0/s1. The molecule has 0 saturated carbocycles. The van der Waals surface area contributed by atoms with E-state index >= 15 is 0 Å². The van der Waals surface area contributed by atoms with Crippen LogP contribution in [0.2, 0.25) is 0 Å². The van der Waals surface area contributed by atoms with Crippen molar-refractivity contribution >= 4 is 11.3 Å². The Morgan fingerprint density at radius 2 is 2.41 bits per heavy atom. The Morgan fingerprint density at radius 1 is 1.47 bits per heavy atom. The molecule has 94 valence electrons. The molecule has 2 fully saturated rings. The number of rotatable bonds is 2. The van der Waals surface area contributed by atoms with E-state index in [1.165, 1.54) is 36.4 Å². The molecule has 3 rings (SSSR count). The predicted molar refractivity (Wildman–Crippen MR) is 69.2 cm³/mol. The highest BCUT2D eigenvalue weighted by atomic mass is 32.1. The molecule has 17 heavy (non-hydrogen) atoms. The van der Waals surface area contributed by atoms with Crippen LogP contribution in [0, 0.1) is 0 Å². The van der Waals surface area contributed by atoms with Crippen LogP contribution in [0.1, 0.15) is 55.8 Å². The van der Waals surface area contributed by atoms with Gasteiger partial charge in [0.1, 0.15) is 10.6 Å². The number of ether oxygens (including phenoxy) is 1. The monoisotopic (exact) mass is 252 g/mol. The fourth-order valence-corrected chi connectivity index (χ4v) is 3.75. The zero-order valence-electron chi connectivity index (χ0n) is 10.4. The number of hydrogen-bond donors (Lipinski definition) is 1. The minimum absolute atomic E-state index is 0.125. The van der Waals surface area contributed by atoms with Crippen molar-refractivity contribution in [3.8, 4) is 0 Å². The third kappa shape index (κ3) is 2.26. The zero-order valence-corrected chi connectivity index (χ0v) is 11.2. The molecular weight excluding hydrogens is 232 g/mol. The first-order valence-corrected chi connectivity index (χ1v) is 7.49. The third-order valence-electron chi connectivity index (χ3n) is 3.86. The highest BCUT2D eigenvalue weighted by Gasteiger charge is 2.33. The van der Waals surface area contributed by atoms with Crippen LogP contribution in [0.3, 0.4) is 0 Å². The van der Waals surface area contributed by atoms with Crippen molar-refractivity contribution in [2.75, 3.05) is 13.2 Å². The van der Waals surface area contributed by atoms with Gasteiger partial charge in [-0.15, -0.1) is 11.3 Å². The smallest absolute Gasteiger partial charge is 0.125 e. The van der Waals surface area contributed by atoms with Gasteiger partial charge >= 0.3 is 0 Å². The van der Waals surface area contributed by atoms with Gasteiger partial charge in [0.15, 0.2) is 0 Å². The maximum absolute atomic E-state index is 5.95. The molecule has 1 N–H and O–H groups in total. The first-order valence-electron chi connectivity index (χ1n) is 6.61. The van der Waals surface area contributed by atoms with E-state index < -0.39 is 0 Å². The molecule has 0 spiro atoms. The fourth-order valence-electron chi connectivity index (χ4n) is 2.73. The van der Waals surface area contributed by atoms with Crippen LogP contribution >= 0.6 is 11.3 Å². The molecule has 4 heteroatoms. The summed E-state index contributed by atoms with van der Waals surface area (Å²) in [5, 5.41) is 6.88. The lowest BCUT2D eigenvalue weighted by atomic mass is 9.97. The topological polar surface area (TPSA) is 34.2 Å². The van der Waals surface area contributed by atoms with Crippen molar-refractivity contribution in [3.63, 3.8) is 0 Å². The molecule has 0 aromatic carbocycles. The lowest BCUT2D eigenvalue weighted by Crippen LogP contribution is -2.30. The minimum atomic E-state index is -0.125. The van der Waals surface area contributed by atoms with E-state index in [0.717, 1.165) is 19.6 Å². The third-order valence-corrected chi connectivity index (χ3v) is 4.97. The molecule has 2 saturated heterocycles. The molecular formula is C13H20N2OS. The second kappa shape index (κ2) is 4.67. The summed E-state index contributed by atoms with van der Waals surface area (Å²) in [7, 11) is 0. The van der Waals surface area contributed by atoms with Crippen LogP contribution in [0.15, 0.2) is 5.38 Å². The van der Waals surface area contributed by atoms with Gasteiger partial charge in [0.2, 0.25) is 0 Å². The SMILES string of the molecule is CC1(c2nc([C@@H]3CCCN3)cs2)CCCCO1. The van der Waals surface area contributed by atoms with E-state index in [2.05, 4.69) is 17.6 Å². The average molecular weight is 252 g/mol. The summed E-state index contributed by atoms with van der Waals surface area (Å²) in [6.45, 7) is 4.20. The average Bonchev–Trinajstić information content (AvgIpc) is 3.01. The van der Waals surface area contributed by atoms with E-state index in [1.807, 2.05) is 0 Å². The Kier molecular flexibility index (Phi) is 3.19. The second-order valence-corrected chi connectivity index (χ2v) is 6.12. The lowest BCUT2D eigenvalue weighted by Gasteiger charge is -2.31. The Bertz CT molecular complexity index is 379. The highest BCUT2D eigenvalue weighted by molar-refractivity contribution is 7.09. The van der Waals surface area contributed by atoms with Gasteiger partial charge in [-0.2, -0.15) is 0 Å². The maximum atomic E-state index is 5.95. The van der Waals surface area contributed by atoms with Crippen molar-refractivity contribution in [2.24, 2.45) is 0 Å². The van der Waals surface area contributed by atoms with Crippen molar-refractivity contribution < 1.29 is 4.74 Å². The van der Waals surface area contributed by atoms with E-state index in [-0.39, 0.29) is 5.60 Å². The molecule has 3 heterocycles. The van der Waals surface area contributed by atoms with Crippen molar-refractivity contribution in [2.45, 2.75) is 50.7 Å². The molecule has 1 aromatic rings. The predicted octanol–water partition coefficient (Wildman–Crippen LogP) is 2.98. The molecule has 3 nitrogen and oxygen atoms in total. The van der Waals surface area contributed by atoms with Crippen molar-refractivity contribution in [3.05, 3.63) is 16.1 Å². The molecule has 0 bridgehead atoms. The zero-order chi connectivity index (χ0) is 11.7. The van der Waals surface area contributed by atoms with Gasteiger partial charge in [0.05, 0.1) is 11.7 Å². The lowest BCUT2D eigenvalue weighted by molar-refractivity contribution is -0.0703. The van der Waals surface area contributed by atoms with E-state index in [1.54, 1.807) is 11.3 Å². The molecule has 1 aromatic heterocycles. The molecule has 0 aliphatic carbocycles. The highest BCUT2D eigenvalue weighted by Crippen LogP contribution is 2.37. The molecule has 2 aliphatic heterocycles. The summed E-state index contributed by atoms with van der Waals surface area (Å²) in [4.78, 5) is 4.82. The normalized spacial score (nSPS) is 34.1. The van der Waals surface area contributed by atoms with E-state index in [0.29, 0.717) is 6.04 Å². The van der Waals surface area contributed by atoms with Crippen LogP contribution in [0.5, 0.6) is 0 Å². The van der Waals surface area contributed by atoms with Crippen LogP contribution in [0.25, 0.3) is 0 Å². The van der Waals surface area contributed by atoms with E-state index in [4.69, 9.17) is 9.72 Å². The quantitative estimate of drug-likeness (QED) is 0.878. The van der Waals surface area contributed by atoms with Crippen LogP contribution < -0.4 is 5.32 Å². The Hall–Kier alpha value is -0.450. The van der Waals surface area contributed by atoms with Crippen molar-refractivity contribution in [1.29, 1.82) is 0 Å². The summed E-state index contributed by atoms with van der Waals surface area (Å²) < 4.78 is 5.95. The number of thiazole rings is 1. The van der Waals surface area contributed by atoms with Gasteiger partial charge in [-0.1, -0.05) is 0 Å². The van der Waals surface area contributed by atoms with Crippen molar-refractivity contribution in [1.82, 2.24) is 10.3 Å². The van der Waals surface area contributed by atoms with Crippen LogP contribution in [-0.4, -0.2) is 18.1 Å². The molecule has 0 amide bonds. The first-order chi connectivity index (χ1) is 8.28. The van der Waals surface area contributed by atoms with Crippen LogP contribution in [0.4, 0.5) is 0 Å². The Labute approximate surface area is 107 Å². The largest absolute Gasteiger partial charge is 0.368 e.